The third-order valence-corrected chi connectivity index (χ3v) is 2.89. The lowest BCUT2D eigenvalue weighted by atomic mass is 10.2. The van der Waals surface area contributed by atoms with Crippen molar-refractivity contribution in [3.63, 3.8) is 0 Å². The van der Waals surface area contributed by atoms with E-state index in [0.29, 0.717) is 11.6 Å². The van der Waals surface area contributed by atoms with Crippen LogP contribution in [0, 0.1) is 0 Å². The van der Waals surface area contributed by atoms with E-state index in [4.69, 9.17) is 11.6 Å². The minimum atomic E-state index is -4.31. The van der Waals surface area contributed by atoms with Gasteiger partial charge in [-0.15, -0.1) is 11.6 Å². The third-order valence-electron chi connectivity index (χ3n) is 2.58. The highest BCUT2D eigenvalue weighted by molar-refractivity contribution is 6.17. The number of anilines is 2. The molecule has 0 saturated carbocycles. The number of rotatable bonds is 3. The van der Waals surface area contributed by atoms with E-state index in [9.17, 15) is 13.2 Å². The molecule has 0 aliphatic carbocycles. The molecule has 2 aromatic carbocycles. The van der Waals surface area contributed by atoms with Gasteiger partial charge in [-0.2, -0.15) is 13.2 Å². The van der Waals surface area contributed by atoms with Gasteiger partial charge in [-0.3, -0.25) is 0 Å². The Hall–Kier alpha value is -1.68. The Balaban J connectivity index is 2.15. The second-order valence-corrected chi connectivity index (χ2v) is 4.30. The van der Waals surface area contributed by atoms with Gasteiger partial charge in [-0.05, 0) is 42.0 Å². The van der Waals surface area contributed by atoms with Crippen LogP contribution in [-0.4, -0.2) is 0 Å². The molecular formula is C14H11ClF3N. The van der Waals surface area contributed by atoms with Gasteiger partial charge in [0.2, 0.25) is 0 Å². The fourth-order valence-electron chi connectivity index (χ4n) is 1.64. The summed E-state index contributed by atoms with van der Waals surface area (Å²) in [6.45, 7) is 0. The molecule has 100 valence electrons. The number of halogens is 4. The molecule has 0 bridgehead atoms. The molecule has 5 heteroatoms. The maximum Gasteiger partial charge on any atom is 0.416 e. The van der Waals surface area contributed by atoms with Crippen LogP contribution in [-0.2, 0) is 12.1 Å². The van der Waals surface area contributed by atoms with Crippen molar-refractivity contribution < 1.29 is 13.2 Å². The Labute approximate surface area is 114 Å². The standard InChI is InChI=1S/C14H11ClF3N/c15-9-10-2-1-3-13(8-10)19-12-6-4-11(5-7-12)14(16,17)18/h1-8,19H,9H2. The lowest BCUT2D eigenvalue weighted by molar-refractivity contribution is -0.137. The zero-order chi connectivity index (χ0) is 13.9. The number of alkyl halides is 4. The molecule has 0 atom stereocenters. The summed E-state index contributed by atoms with van der Waals surface area (Å²) < 4.78 is 37.2. The first-order valence-corrected chi connectivity index (χ1v) is 6.12. The molecule has 0 amide bonds. The van der Waals surface area contributed by atoms with E-state index in [1.54, 1.807) is 0 Å². The molecule has 0 radical (unpaired) electrons. The molecule has 1 nitrogen and oxygen atoms in total. The van der Waals surface area contributed by atoms with Gasteiger partial charge in [-0.1, -0.05) is 12.1 Å². The van der Waals surface area contributed by atoms with Crippen LogP contribution in [0.25, 0.3) is 0 Å². The van der Waals surface area contributed by atoms with E-state index < -0.39 is 11.7 Å². The van der Waals surface area contributed by atoms with E-state index in [-0.39, 0.29) is 0 Å². The molecule has 2 aromatic rings. The molecule has 2 rings (SSSR count). The zero-order valence-corrected chi connectivity index (χ0v) is 10.6. The molecule has 0 aromatic heterocycles. The molecular weight excluding hydrogens is 275 g/mol. The highest BCUT2D eigenvalue weighted by atomic mass is 35.5. The van der Waals surface area contributed by atoms with Gasteiger partial charge in [-0.25, -0.2) is 0 Å². The molecule has 1 N–H and O–H groups in total. The van der Waals surface area contributed by atoms with Crippen molar-refractivity contribution in [1.82, 2.24) is 0 Å². The van der Waals surface area contributed by atoms with Crippen LogP contribution in [0.3, 0.4) is 0 Å². The first kappa shape index (κ1) is 13.7. The van der Waals surface area contributed by atoms with Gasteiger partial charge < -0.3 is 5.32 Å². The SMILES string of the molecule is FC(F)(F)c1ccc(Nc2cccc(CCl)c2)cc1. The van der Waals surface area contributed by atoms with E-state index in [2.05, 4.69) is 5.32 Å². The lowest BCUT2D eigenvalue weighted by Gasteiger charge is -2.10. The average Bonchev–Trinajstić information content (AvgIpc) is 2.38. The molecule has 0 aliphatic heterocycles. The van der Waals surface area contributed by atoms with Crippen molar-refractivity contribution in [3.05, 3.63) is 59.7 Å². The van der Waals surface area contributed by atoms with E-state index >= 15 is 0 Å². The fraction of sp³-hybridized carbons (Fsp3) is 0.143. The fourth-order valence-corrected chi connectivity index (χ4v) is 1.81. The number of hydrogen-bond acceptors (Lipinski definition) is 1. The van der Waals surface area contributed by atoms with Gasteiger partial charge in [0.05, 0.1) is 5.56 Å². The van der Waals surface area contributed by atoms with Gasteiger partial charge in [0.15, 0.2) is 0 Å². The van der Waals surface area contributed by atoms with E-state index in [0.717, 1.165) is 23.4 Å². The molecule has 0 heterocycles. The predicted molar refractivity (Wildman–Crippen MR) is 70.7 cm³/mol. The smallest absolute Gasteiger partial charge is 0.356 e. The quantitative estimate of drug-likeness (QED) is 0.766. The summed E-state index contributed by atoms with van der Waals surface area (Å²) in [5.41, 5.74) is 1.67. The molecule has 0 saturated heterocycles. The Morgan fingerprint density at radius 2 is 1.63 bits per heavy atom. The normalized spacial score (nSPS) is 11.4. The maximum absolute atomic E-state index is 12.4. The lowest BCUT2D eigenvalue weighted by Crippen LogP contribution is -2.04. The predicted octanol–water partition coefficient (Wildman–Crippen LogP) is 5.19. The Morgan fingerprint density at radius 3 is 2.21 bits per heavy atom. The zero-order valence-electron chi connectivity index (χ0n) is 9.84. The summed E-state index contributed by atoms with van der Waals surface area (Å²) >= 11 is 5.72. The summed E-state index contributed by atoms with van der Waals surface area (Å²) in [6.07, 6.45) is -4.31. The monoisotopic (exact) mass is 285 g/mol. The second kappa shape index (κ2) is 5.53. The first-order valence-electron chi connectivity index (χ1n) is 5.58. The number of benzene rings is 2. The summed E-state index contributed by atoms with van der Waals surface area (Å²) in [5.74, 6) is 0.391. The van der Waals surface area contributed by atoms with Crippen LogP contribution in [0.4, 0.5) is 24.5 Å². The van der Waals surface area contributed by atoms with Crippen molar-refractivity contribution in [2.45, 2.75) is 12.1 Å². The summed E-state index contributed by atoms with van der Waals surface area (Å²) in [4.78, 5) is 0. The van der Waals surface area contributed by atoms with Crippen LogP contribution < -0.4 is 5.32 Å². The number of nitrogens with one attached hydrogen (secondary N) is 1. The Bertz CT molecular complexity index is 549. The second-order valence-electron chi connectivity index (χ2n) is 4.03. The summed E-state index contributed by atoms with van der Waals surface area (Å²) in [6, 6.07) is 12.3. The molecule has 0 unspecified atom stereocenters. The van der Waals surface area contributed by atoms with Gasteiger partial charge in [0, 0.05) is 17.3 Å². The van der Waals surface area contributed by atoms with Gasteiger partial charge in [0.25, 0.3) is 0 Å². The summed E-state index contributed by atoms with van der Waals surface area (Å²) in [5, 5.41) is 3.03. The summed E-state index contributed by atoms with van der Waals surface area (Å²) in [7, 11) is 0. The molecule has 19 heavy (non-hydrogen) atoms. The van der Waals surface area contributed by atoms with Crippen molar-refractivity contribution in [1.29, 1.82) is 0 Å². The van der Waals surface area contributed by atoms with Crippen LogP contribution >= 0.6 is 11.6 Å². The Kier molecular flexibility index (Phi) is 4.00. The van der Waals surface area contributed by atoms with Crippen LogP contribution in [0.5, 0.6) is 0 Å². The maximum atomic E-state index is 12.4. The van der Waals surface area contributed by atoms with Crippen molar-refractivity contribution >= 4 is 23.0 Å². The number of hydrogen-bond donors (Lipinski definition) is 1. The highest BCUT2D eigenvalue weighted by Crippen LogP contribution is 2.30. The van der Waals surface area contributed by atoms with E-state index in [1.165, 1.54) is 12.1 Å². The van der Waals surface area contributed by atoms with Crippen LogP contribution in [0.1, 0.15) is 11.1 Å². The van der Waals surface area contributed by atoms with Crippen molar-refractivity contribution in [2.24, 2.45) is 0 Å². The minimum absolute atomic E-state index is 0.391. The van der Waals surface area contributed by atoms with E-state index in [1.807, 2.05) is 24.3 Å². The largest absolute Gasteiger partial charge is 0.416 e. The van der Waals surface area contributed by atoms with Crippen molar-refractivity contribution in [2.75, 3.05) is 5.32 Å². The minimum Gasteiger partial charge on any atom is -0.356 e. The molecule has 0 aliphatic rings. The van der Waals surface area contributed by atoms with Gasteiger partial charge >= 0.3 is 6.18 Å². The van der Waals surface area contributed by atoms with Gasteiger partial charge in [0.1, 0.15) is 0 Å². The Morgan fingerprint density at radius 1 is 0.947 bits per heavy atom. The molecule has 0 fully saturated rings. The van der Waals surface area contributed by atoms with Crippen LogP contribution in [0.2, 0.25) is 0 Å². The topological polar surface area (TPSA) is 12.0 Å². The molecule has 0 spiro atoms. The highest BCUT2D eigenvalue weighted by Gasteiger charge is 2.29. The van der Waals surface area contributed by atoms with Crippen molar-refractivity contribution in [3.8, 4) is 0 Å². The average molecular weight is 286 g/mol. The first-order chi connectivity index (χ1) is 8.99. The van der Waals surface area contributed by atoms with Crippen LogP contribution in [0.15, 0.2) is 48.5 Å². The third kappa shape index (κ3) is 3.64.